The van der Waals surface area contributed by atoms with Gasteiger partial charge in [0.1, 0.15) is 0 Å². The van der Waals surface area contributed by atoms with E-state index >= 15 is 0 Å². The molecule has 142 valence electrons. The third-order valence-electron chi connectivity index (χ3n) is 4.56. The summed E-state index contributed by atoms with van der Waals surface area (Å²) in [7, 11) is 0. The van der Waals surface area contributed by atoms with E-state index in [9.17, 15) is 14.7 Å². The molecule has 0 aromatic carbocycles. The smallest absolute Gasteiger partial charge is 0.305 e. The number of amides is 1. The zero-order chi connectivity index (χ0) is 19.5. The number of aliphatic carboxylic acids is 1. The number of nitrogens with one attached hydrogen (secondary N) is 1. The summed E-state index contributed by atoms with van der Waals surface area (Å²) in [5, 5.41) is 22.1. The number of carbonyl (C=O) groups excluding carboxylic acids is 1. The molecule has 0 bridgehead atoms. The molecule has 0 spiro atoms. The number of carboxylic acid groups (broad SMARTS) is 1. The molecule has 0 saturated carbocycles. The van der Waals surface area contributed by atoms with E-state index in [4.69, 9.17) is 10.8 Å². The minimum Gasteiger partial charge on any atom is -0.481 e. The van der Waals surface area contributed by atoms with Crippen molar-refractivity contribution >= 4 is 11.9 Å². The van der Waals surface area contributed by atoms with Gasteiger partial charge in [-0.15, -0.1) is 0 Å². The van der Waals surface area contributed by atoms with Gasteiger partial charge in [0.2, 0.25) is 5.91 Å². The quantitative estimate of drug-likeness (QED) is 0.565. The van der Waals surface area contributed by atoms with Gasteiger partial charge in [0.25, 0.3) is 0 Å². The van der Waals surface area contributed by atoms with Crippen molar-refractivity contribution in [1.82, 2.24) is 5.32 Å². The Hall–Kier alpha value is -1.14. The van der Waals surface area contributed by atoms with E-state index in [1.165, 1.54) is 0 Å². The lowest BCUT2D eigenvalue weighted by Crippen LogP contribution is -2.57. The maximum Gasteiger partial charge on any atom is 0.305 e. The summed E-state index contributed by atoms with van der Waals surface area (Å²) in [6, 6.07) is -1.13. The molecule has 2 atom stereocenters. The van der Waals surface area contributed by atoms with E-state index < -0.39 is 36.0 Å². The van der Waals surface area contributed by atoms with Crippen LogP contribution in [0.25, 0.3) is 0 Å². The highest BCUT2D eigenvalue weighted by Crippen LogP contribution is 2.43. The van der Waals surface area contributed by atoms with Gasteiger partial charge in [-0.1, -0.05) is 41.5 Å². The van der Waals surface area contributed by atoms with Gasteiger partial charge < -0.3 is 21.3 Å². The van der Waals surface area contributed by atoms with Crippen molar-refractivity contribution < 1.29 is 19.8 Å². The van der Waals surface area contributed by atoms with Gasteiger partial charge in [0.15, 0.2) is 0 Å². The summed E-state index contributed by atoms with van der Waals surface area (Å²) >= 11 is 0. The number of carbonyl (C=O) groups is 2. The standard InChI is InChI=1S/C18H36N2O4/c1-16(2,3)12(17(4,5)6)10-13(21)18(7,8)20-15(24)11(19)9-14(22)23/h11-13,21H,9-10,19H2,1-8H3,(H,20,24)(H,22,23)/t11-,13?/m0/s1. The molecule has 6 nitrogen and oxygen atoms in total. The molecule has 6 heteroatoms. The molecule has 0 radical (unpaired) electrons. The molecule has 5 N–H and O–H groups in total. The monoisotopic (exact) mass is 344 g/mol. The average Bonchev–Trinajstić information content (AvgIpc) is 2.30. The van der Waals surface area contributed by atoms with Crippen molar-refractivity contribution in [2.45, 2.75) is 85.9 Å². The van der Waals surface area contributed by atoms with Crippen LogP contribution in [0.5, 0.6) is 0 Å². The van der Waals surface area contributed by atoms with Crippen LogP contribution in [0.1, 0.15) is 68.2 Å². The third kappa shape index (κ3) is 7.18. The number of rotatable bonds is 7. The van der Waals surface area contributed by atoms with Crippen molar-refractivity contribution in [3.8, 4) is 0 Å². The van der Waals surface area contributed by atoms with Gasteiger partial charge in [-0.05, 0) is 37.0 Å². The molecular weight excluding hydrogens is 308 g/mol. The Labute approximate surface area is 146 Å². The van der Waals surface area contributed by atoms with E-state index in [0.29, 0.717) is 6.42 Å². The van der Waals surface area contributed by atoms with Crippen LogP contribution >= 0.6 is 0 Å². The van der Waals surface area contributed by atoms with Gasteiger partial charge in [0, 0.05) is 0 Å². The van der Waals surface area contributed by atoms with E-state index in [0.717, 1.165) is 0 Å². The zero-order valence-electron chi connectivity index (χ0n) is 16.4. The molecule has 0 aromatic rings. The van der Waals surface area contributed by atoms with E-state index in [1.807, 2.05) is 0 Å². The fourth-order valence-corrected chi connectivity index (χ4v) is 3.30. The summed E-state index contributed by atoms with van der Waals surface area (Å²) in [6.07, 6.45) is -0.694. The lowest BCUT2D eigenvalue weighted by atomic mass is 9.63. The molecule has 0 saturated heterocycles. The number of aliphatic hydroxyl groups excluding tert-OH is 1. The number of nitrogens with two attached hydrogens (primary N) is 1. The van der Waals surface area contributed by atoms with Crippen LogP contribution in [0.15, 0.2) is 0 Å². The summed E-state index contributed by atoms with van der Waals surface area (Å²) in [5.74, 6) is -1.47. The predicted molar refractivity (Wildman–Crippen MR) is 95.5 cm³/mol. The summed E-state index contributed by atoms with van der Waals surface area (Å²) in [5.41, 5.74) is 4.69. The molecule has 0 aliphatic rings. The van der Waals surface area contributed by atoms with E-state index in [2.05, 4.69) is 46.9 Å². The van der Waals surface area contributed by atoms with Gasteiger partial charge in [-0.25, -0.2) is 0 Å². The highest BCUT2D eigenvalue weighted by molar-refractivity contribution is 5.86. The predicted octanol–water partition coefficient (Wildman–Crippen LogP) is 2.14. The maximum absolute atomic E-state index is 12.1. The molecular formula is C18H36N2O4. The van der Waals surface area contributed by atoms with Crippen molar-refractivity contribution in [3.05, 3.63) is 0 Å². The largest absolute Gasteiger partial charge is 0.481 e. The first-order valence-corrected chi connectivity index (χ1v) is 8.46. The molecule has 0 rings (SSSR count). The summed E-state index contributed by atoms with van der Waals surface area (Å²) < 4.78 is 0. The molecule has 0 heterocycles. The summed E-state index contributed by atoms with van der Waals surface area (Å²) in [6.45, 7) is 16.3. The van der Waals surface area contributed by atoms with Gasteiger partial charge in [0.05, 0.1) is 24.1 Å². The fraction of sp³-hybridized carbons (Fsp3) is 0.889. The topological polar surface area (TPSA) is 113 Å². The highest BCUT2D eigenvalue weighted by Gasteiger charge is 2.40. The van der Waals surface area contributed by atoms with Crippen molar-refractivity contribution in [1.29, 1.82) is 0 Å². The molecule has 0 aliphatic carbocycles. The van der Waals surface area contributed by atoms with Crippen molar-refractivity contribution in [2.75, 3.05) is 0 Å². The van der Waals surface area contributed by atoms with Crippen LogP contribution in [0.4, 0.5) is 0 Å². The second-order valence-electron chi connectivity index (χ2n) is 9.45. The Bertz CT molecular complexity index is 433. The number of aliphatic hydroxyl groups is 1. The van der Waals surface area contributed by atoms with Crippen LogP contribution in [-0.4, -0.2) is 39.8 Å². The van der Waals surface area contributed by atoms with E-state index in [-0.39, 0.29) is 16.7 Å². The molecule has 0 fully saturated rings. The molecule has 1 unspecified atom stereocenters. The average molecular weight is 344 g/mol. The van der Waals surface area contributed by atoms with Crippen LogP contribution in [0, 0.1) is 16.7 Å². The first kappa shape index (κ1) is 22.9. The minimum absolute atomic E-state index is 0.000963. The minimum atomic E-state index is -1.13. The number of hydrogen-bond donors (Lipinski definition) is 4. The van der Waals surface area contributed by atoms with Crippen LogP contribution < -0.4 is 11.1 Å². The van der Waals surface area contributed by atoms with Gasteiger partial charge in [-0.3, -0.25) is 9.59 Å². The van der Waals surface area contributed by atoms with Crippen LogP contribution in [-0.2, 0) is 9.59 Å². The van der Waals surface area contributed by atoms with Crippen LogP contribution in [0.2, 0.25) is 0 Å². The van der Waals surface area contributed by atoms with Crippen molar-refractivity contribution in [3.63, 3.8) is 0 Å². The Morgan fingerprint density at radius 3 is 1.75 bits per heavy atom. The molecule has 0 aromatic heterocycles. The SMILES string of the molecule is CC(C)(C)C(CC(O)C(C)(C)NC(=O)[C@@H](N)CC(=O)O)C(C)(C)C. The second-order valence-corrected chi connectivity index (χ2v) is 9.45. The Kier molecular flexibility index (Phi) is 7.46. The number of hydrogen-bond acceptors (Lipinski definition) is 4. The first-order chi connectivity index (χ1) is 10.5. The molecule has 1 amide bonds. The van der Waals surface area contributed by atoms with Gasteiger partial charge >= 0.3 is 5.97 Å². The Morgan fingerprint density at radius 1 is 1.00 bits per heavy atom. The fourth-order valence-electron chi connectivity index (χ4n) is 3.30. The lowest BCUT2D eigenvalue weighted by molar-refractivity contribution is -0.140. The Balaban J connectivity index is 5.08. The van der Waals surface area contributed by atoms with Gasteiger partial charge in [-0.2, -0.15) is 0 Å². The summed E-state index contributed by atoms with van der Waals surface area (Å²) in [4.78, 5) is 22.7. The molecule has 24 heavy (non-hydrogen) atoms. The maximum atomic E-state index is 12.1. The van der Waals surface area contributed by atoms with Crippen molar-refractivity contribution in [2.24, 2.45) is 22.5 Å². The Morgan fingerprint density at radius 2 is 1.42 bits per heavy atom. The van der Waals surface area contributed by atoms with Crippen LogP contribution in [0.3, 0.4) is 0 Å². The zero-order valence-corrected chi connectivity index (χ0v) is 16.4. The molecule has 0 aliphatic heterocycles. The normalized spacial score (nSPS) is 16.0. The lowest BCUT2D eigenvalue weighted by Gasteiger charge is -2.44. The first-order valence-electron chi connectivity index (χ1n) is 8.46. The highest BCUT2D eigenvalue weighted by atomic mass is 16.4. The number of carboxylic acids is 1. The third-order valence-corrected chi connectivity index (χ3v) is 4.56. The van der Waals surface area contributed by atoms with E-state index in [1.54, 1.807) is 13.8 Å². The second kappa shape index (κ2) is 7.83.